The number of amides is 2. The van der Waals surface area contributed by atoms with Crippen LogP contribution in [0, 0.1) is 6.92 Å². The Hall–Kier alpha value is -2.90. The zero-order chi connectivity index (χ0) is 21.1. The van der Waals surface area contributed by atoms with Gasteiger partial charge in [-0.15, -0.1) is 0 Å². The normalized spacial score (nSPS) is 24.1. The summed E-state index contributed by atoms with van der Waals surface area (Å²) in [5.74, 6) is -0.274. The van der Waals surface area contributed by atoms with Gasteiger partial charge in [0.25, 0.3) is 0 Å². The average molecular weight is 409 g/mol. The molecule has 0 aromatic heterocycles. The second-order valence-electron chi connectivity index (χ2n) is 7.95. The third-order valence-electron chi connectivity index (χ3n) is 6.11. The van der Waals surface area contributed by atoms with E-state index in [-0.39, 0.29) is 24.7 Å². The maximum atomic E-state index is 12.9. The van der Waals surface area contributed by atoms with E-state index >= 15 is 0 Å². The van der Waals surface area contributed by atoms with Crippen molar-refractivity contribution in [2.45, 2.75) is 31.7 Å². The van der Waals surface area contributed by atoms with E-state index in [4.69, 9.17) is 0 Å². The number of nitrogens with zero attached hydrogens (tertiary/aromatic N) is 2. The molecule has 4 rings (SSSR count). The van der Waals surface area contributed by atoms with Crippen molar-refractivity contribution in [2.75, 3.05) is 31.1 Å². The molecule has 30 heavy (non-hydrogen) atoms. The Kier molecular flexibility index (Phi) is 5.74. The molecule has 158 valence electrons. The maximum absolute atomic E-state index is 12.9. The number of nitrogens with one attached hydrogen (secondary N) is 2. The SMILES string of the molecule is Cc1ccccc1N1CCN(C(=O)CCC2(c3ccccc3)NC(O)NC2=O)CC1. The second-order valence-corrected chi connectivity index (χ2v) is 7.95. The minimum absolute atomic E-state index is 0.0331. The molecular weight excluding hydrogens is 380 g/mol. The molecule has 2 atom stereocenters. The molecule has 7 nitrogen and oxygen atoms in total. The fourth-order valence-electron chi connectivity index (χ4n) is 4.42. The number of carbonyl (C=O) groups excluding carboxylic acids is 2. The molecule has 2 aromatic rings. The highest BCUT2D eigenvalue weighted by molar-refractivity contribution is 5.90. The lowest BCUT2D eigenvalue weighted by atomic mass is 9.85. The summed E-state index contributed by atoms with van der Waals surface area (Å²) in [6, 6.07) is 17.6. The average Bonchev–Trinajstić information content (AvgIpc) is 3.07. The van der Waals surface area contributed by atoms with Gasteiger partial charge in [-0.1, -0.05) is 48.5 Å². The van der Waals surface area contributed by atoms with Gasteiger partial charge in [0, 0.05) is 38.3 Å². The van der Waals surface area contributed by atoms with E-state index in [1.54, 1.807) is 0 Å². The van der Waals surface area contributed by atoms with Crippen molar-refractivity contribution in [1.82, 2.24) is 15.5 Å². The van der Waals surface area contributed by atoms with Crippen LogP contribution in [-0.2, 0) is 15.1 Å². The number of rotatable bonds is 5. The summed E-state index contributed by atoms with van der Waals surface area (Å²) < 4.78 is 0. The van der Waals surface area contributed by atoms with Gasteiger partial charge >= 0.3 is 0 Å². The van der Waals surface area contributed by atoms with Gasteiger partial charge in [-0.05, 0) is 30.5 Å². The predicted octanol–water partition coefficient (Wildman–Crippen LogP) is 1.31. The van der Waals surface area contributed by atoms with E-state index in [1.807, 2.05) is 47.4 Å². The summed E-state index contributed by atoms with van der Waals surface area (Å²) in [5.41, 5.74) is 2.10. The molecule has 2 saturated heterocycles. The van der Waals surface area contributed by atoms with Gasteiger partial charge in [-0.25, -0.2) is 0 Å². The highest BCUT2D eigenvalue weighted by Crippen LogP contribution is 2.31. The first-order valence-electron chi connectivity index (χ1n) is 10.4. The zero-order valence-electron chi connectivity index (χ0n) is 17.2. The molecule has 0 aliphatic carbocycles. The summed E-state index contributed by atoms with van der Waals surface area (Å²) in [5, 5.41) is 15.4. The number of aliphatic hydroxyl groups excluding tert-OH is 1. The van der Waals surface area contributed by atoms with Gasteiger partial charge in [-0.3, -0.25) is 14.9 Å². The number of hydrogen-bond donors (Lipinski definition) is 3. The number of aryl methyl sites for hydroxylation is 1. The fraction of sp³-hybridized carbons (Fsp3) is 0.391. The van der Waals surface area contributed by atoms with Crippen LogP contribution in [0.1, 0.15) is 24.0 Å². The van der Waals surface area contributed by atoms with Gasteiger partial charge in [0.2, 0.25) is 11.8 Å². The minimum atomic E-state index is -1.12. The number of benzene rings is 2. The van der Waals surface area contributed by atoms with E-state index in [9.17, 15) is 14.7 Å². The molecule has 2 aliphatic rings. The van der Waals surface area contributed by atoms with Gasteiger partial charge in [0.1, 0.15) is 5.54 Å². The van der Waals surface area contributed by atoms with Crippen LogP contribution in [0.3, 0.4) is 0 Å². The van der Waals surface area contributed by atoms with Crippen molar-refractivity contribution < 1.29 is 14.7 Å². The molecule has 2 amide bonds. The fourth-order valence-corrected chi connectivity index (χ4v) is 4.42. The molecule has 0 radical (unpaired) electrons. The van der Waals surface area contributed by atoms with E-state index in [0.717, 1.165) is 18.7 Å². The van der Waals surface area contributed by atoms with Crippen LogP contribution in [-0.4, -0.2) is 54.4 Å². The Balaban J connectivity index is 1.39. The molecule has 2 aromatic carbocycles. The highest BCUT2D eigenvalue weighted by Gasteiger charge is 2.47. The Labute approximate surface area is 176 Å². The summed E-state index contributed by atoms with van der Waals surface area (Å²) in [6.07, 6.45) is -0.603. The number of hydrogen-bond acceptors (Lipinski definition) is 5. The Morgan fingerprint density at radius 3 is 2.37 bits per heavy atom. The number of para-hydroxylation sites is 1. The molecule has 2 fully saturated rings. The quantitative estimate of drug-likeness (QED) is 0.695. The summed E-state index contributed by atoms with van der Waals surface area (Å²) in [6.45, 7) is 5.00. The molecule has 3 N–H and O–H groups in total. The lowest BCUT2D eigenvalue weighted by Crippen LogP contribution is -2.50. The van der Waals surface area contributed by atoms with Crippen molar-refractivity contribution >= 4 is 17.5 Å². The zero-order valence-corrected chi connectivity index (χ0v) is 17.2. The van der Waals surface area contributed by atoms with Crippen LogP contribution >= 0.6 is 0 Å². The lowest BCUT2D eigenvalue weighted by molar-refractivity contribution is -0.132. The van der Waals surface area contributed by atoms with Crippen molar-refractivity contribution in [2.24, 2.45) is 0 Å². The van der Waals surface area contributed by atoms with Crippen LogP contribution in [0.5, 0.6) is 0 Å². The van der Waals surface area contributed by atoms with Gasteiger partial charge in [0.15, 0.2) is 6.35 Å². The first-order valence-corrected chi connectivity index (χ1v) is 10.4. The second kappa shape index (κ2) is 8.45. The number of anilines is 1. The van der Waals surface area contributed by atoms with Crippen LogP contribution in [0.25, 0.3) is 0 Å². The Morgan fingerprint density at radius 2 is 1.73 bits per heavy atom. The van der Waals surface area contributed by atoms with Crippen LogP contribution < -0.4 is 15.5 Å². The Morgan fingerprint density at radius 1 is 1.07 bits per heavy atom. The van der Waals surface area contributed by atoms with E-state index in [1.165, 1.54) is 11.3 Å². The molecule has 0 spiro atoms. The predicted molar refractivity (Wildman–Crippen MR) is 115 cm³/mol. The van der Waals surface area contributed by atoms with Crippen LogP contribution in [0.15, 0.2) is 54.6 Å². The standard InChI is InChI=1S/C23H28N4O3/c1-17-7-5-6-10-19(17)26-13-15-27(16-14-26)20(28)11-12-23(18-8-3-2-4-9-18)21(29)24-22(30)25-23/h2-10,22,25,30H,11-16H2,1H3,(H,24,29). The van der Waals surface area contributed by atoms with Gasteiger partial charge in [0.05, 0.1) is 0 Å². The van der Waals surface area contributed by atoms with Crippen molar-refractivity contribution in [3.05, 3.63) is 65.7 Å². The molecule has 2 heterocycles. The largest absolute Gasteiger partial charge is 0.368 e. The molecular formula is C23H28N4O3. The van der Waals surface area contributed by atoms with E-state index < -0.39 is 11.9 Å². The van der Waals surface area contributed by atoms with Crippen LogP contribution in [0.2, 0.25) is 0 Å². The van der Waals surface area contributed by atoms with Crippen molar-refractivity contribution in [1.29, 1.82) is 0 Å². The first kappa shape index (κ1) is 20.4. The summed E-state index contributed by atoms with van der Waals surface area (Å²) >= 11 is 0. The molecule has 2 unspecified atom stereocenters. The van der Waals surface area contributed by atoms with E-state index in [0.29, 0.717) is 13.1 Å². The summed E-state index contributed by atoms with van der Waals surface area (Å²) in [4.78, 5) is 29.8. The highest BCUT2D eigenvalue weighted by atomic mass is 16.3. The minimum Gasteiger partial charge on any atom is -0.368 e. The maximum Gasteiger partial charge on any atom is 0.248 e. The van der Waals surface area contributed by atoms with Crippen molar-refractivity contribution in [3.63, 3.8) is 0 Å². The molecule has 7 heteroatoms. The van der Waals surface area contributed by atoms with Gasteiger partial charge in [-0.2, -0.15) is 0 Å². The van der Waals surface area contributed by atoms with Gasteiger partial charge < -0.3 is 20.2 Å². The monoisotopic (exact) mass is 408 g/mol. The topological polar surface area (TPSA) is 84.9 Å². The van der Waals surface area contributed by atoms with E-state index in [2.05, 4.69) is 34.6 Å². The third-order valence-corrected chi connectivity index (χ3v) is 6.11. The third kappa shape index (κ3) is 3.91. The van der Waals surface area contributed by atoms with Crippen molar-refractivity contribution in [3.8, 4) is 0 Å². The molecule has 0 bridgehead atoms. The molecule has 2 aliphatic heterocycles. The lowest BCUT2D eigenvalue weighted by Gasteiger charge is -2.37. The summed E-state index contributed by atoms with van der Waals surface area (Å²) in [7, 11) is 0. The number of carbonyl (C=O) groups is 2. The molecule has 0 saturated carbocycles. The Bertz CT molecular complexity index is 912. The van der Waals surface area contributed by atoms with Crippen LogP contribution in [0.4, 0.5) is 5.69 Å². The number of aliphatic hydroxyl groups is 1. The number of piperazine rings is 1. The first-order chi connectivity index (χ1) is 14.5. The smallest absolute Gasteiger partial charge is 0.248 e.